The molecule has 1 aromatic heterocycles. The quantitative estimate of drug-likeness (QED) is 0.736. The van der Waals surface area contributed by atoms with E-state index in [0.717, 1.165) is 25.9 Å². The van der Waals surface area contributed by atoms with Crippen LogP contribution in [0, 0.1) is 0 Å². The molecule has 0 spiro atoms. The van der Waals surface area contributed by atoms with Crippen LogP contribution in [-0.4, -0.2) is 42.0 Å². The van der Waals surface area contributed by atoms with Crippen molar-refractivity contribution in [2.24, 2.45) is 0 Å². The van der Waals surface area contributed by atoms with Gasteiger partial charge in [0.15, 0.2) is 0 Å². The van der Waals surface area contributed by atoms with Crippen LogP contribution in [0.5, 0.6) is 5.75 Å². The summed E-state index contributed by atoms with van der Waals surface area (Å²) in [5.41, 5.74) is 0.340. The minimum absolute atomic E-state index is 0.108. The first kappa shape index (κ1) is 18.0. The Bertz CT molecular complexity index is 963. The number of nitrogens with one attached hydrogen (secondary N) is 3. The zero-order valence-electron chi connectivity index (χ0n) is 15.4. The average molecular weight is 383 g/mol. The summed E-state index contributed by atoms with van der Waals surface area (Å²) >= 11 is 0. The first-order valence-electron chi connectivity index (χ1n) is 9.19. The number of amides is 2. The van der Waals surface area contributed by atoms with E-state index in [4.69, 9.17) is 4.74 Å². The van der Waals surface area contributed by atoms with E-state index in [1.165, 1.54) is 0 Å². The fourth-order valence-electron chi connectivity index (χ4n) is 3.57. The maximum Gasteiger partial charge on any atom is 0.258 e. The van der Waals surface area contributed by atoms with Crippen molar-refractivity contribution in [1.82, 2.24) is 9.97 Å². The summed E-state index contributed by atoms with van der Waals surface area (Å²) in [6, 6.07) is 6.82. The van der Waals surface area contributed by atoms with Crippen molar-refractivity contribution in [1.29, 1.82) is 0 Å². The van der Waals surface area contributed by atoms with Gasteiger partial charge in [-0.05, 0) is 37.1 Å². The van der Waals surface area contributed by atoms with E-state index < -0.39 is 17.4 Å². The first-order valence-corrected chi connectivity index (χ1v) is 9.19. The lowest BCUT2D eigenvalue weighted by Gasteiger charge is -2.25. The van der Waals surface area contributed by atoms with Crippen LogP contribution in [-0.2, 0) is 9.59 Å². The number of carbonyl (C=O) groups is 2. The van der Waals surface area contributed by atoms with Gasteiger partial charge in [-0.15, -0.1) is 0 Å². The molecular weight excluding hydrogens is 362 g/mol. The monoisotopic (exact) mass is 383 g/mol. The Balaban J connectivity index is 1.62. The second-order valence-corrected chi connectivity index (χ2v) is 6.87. The molecule has 3 N–H and O–H groups in total. The molecule has 1 fully saturated rings. The molecule has 2 amide bonds. The summed E-state index contributed by atoms with van der Waals surface area (Å²) in [5.74, 6) is -0.421. The molecule has 0 unspecified atom stereocenters. The maximum absolute atomic E-state index is 12.8. The number of benzene rings is 1. The second-order valence-electron chi connectivity index (χ2n) is 6.87. The highest BCUT2D eigenvalue weighted by atomic mass is 16.5. The normalized spacial score (nSPS) is 18.4. The third kappa shape index (κ3) is 3.42. The number of aromatic amines is 1. The zero-order chi connectivity index (χ0) is 19.7. The zero-order valence-corrected chi connectivity index (χ0v) is 15.4. The van der Waals surface area contributed by atoms with E-state index in [0.29, 0.717) is 17.4 Å². The molecule has 0 bridgehead atoms. The molecule has 9 nitrogen and oxygen atoms in total. The van der Waals surface area contributed by atoms with Crippen LogP contribution in [0.2, 0.25) is 0 Å². The predicted octanol–water partition coefficient (Wildman–Crippen LogP) is 1.44. The Hall–Kier alpha value is -3.36. The predicted molar refractivity (Wildman–Crippen MR) is 104 cm³/mol. The summed E-state index contributed by atoms with van der Waals surface area (Å²) in [5, 5.41) is 5.39. The van der Waals surface area contributed by atoms with E-state index in [1.807, 2.05) is 4.90 Å². The largest absolute Gasteiger partial charge is 0.497 e. The lowest BCUT2D eigenvalue weighted by Crippen LogP contribution is -2.37. The SMILES string of the molecule is COc1ccc(NC(=O)[C@@H]2CC(=O)Nc3nc(N4CCCC4)[nH]c(=O)c32)cc1. The molecule has 146 valence electrons. The number of hydrogen-bond donors (Lipinski definition) is 3. The van der Waals surface area contributed by atoms with Gasteiger partial charge >= 0.3 is 0 Å². The first-order chi connectivity index (χ1) is 13.5. The number of carbonyl (C=O) groups excluding carboxylic acids is 2. The highest BCUT2D eigenvalue weighted by Crippen LogP contribution is 2.30. The van der Waals surface area contributed by atoms with Crippen molar-refractivity contribution in [2.45, 2.75) is 25.2 Å². The smallest absolute Gasteiger partial charge is 0.258 e. The molecule has 0 aliphatic carbocycles. The molecule has 9 heteroatoms. The fraction of sp³-hybridized carbons (Fsp3) is 0.368. The molecule has 0 radical (unpaired) electrons. The third-order valence-electron chi connectivity index (χ3n) is 5.02. The van der Waals surface area contributed by atoms with E-state index in [2.05, 4.69) is 20.6 Å². The molecule has 2 aromatic rings. The number of ether oxygens (including phenoxy) is 1. The van der Waals surface area contributed by atoms with Crippen molar-refractivity contribution in [3.63, 3.8) is 0 Å². The summed E-state index contributed by atoms with van der Waals surface area (Å²) < 4.78 is 5.10. The molecule has 28 heavy (non-hydrogen) atoms. The number of nitrogens with zero attached hydrogens (tertiary/aromatic N) is 2. The van der Waals surface area contributed by atoms with Gasteiger partial charge in [0.2, 0.25) is 17.8 Å². The topological polar surface area (TPSA) is 116 Å². The van der Waals surface area contributed by atoms with E-state index >= 15 is 0 Å². The van der Waals surface area contributed by atoms with Gasteiger partial charge in [-0.1, -0.05) is 0 Å². The van der Waals surface area contributed by atoms with Crippen LogP contribution in [0.15, 0.2) is 29.1 Å². The highest BCUT2D eigenvalue weighted by molar-refractivity contribution is 6.04. The van der Waals surface area contributed by atoms with Gasteiger partial charge in [0.05, 0.1) is 18.6 Å². The Labute approximate surface area is 161 Å². The van der Waals surface area contributed by atoms with E-state index in [-0.39, 0.29) is 23.7 Å². The van der Waals surface area contributed by atoms with Crippen LogP contribution >= 0.6 is 0 Å². The number of aromatic nitrogens is 2. The summed E-state index contributed by atoms with van der Waals surface area (Å²) in [6.45, 7) is 1.61. The number of fused-ring (bicyclic) bond motifs is 1. The molecule has 2 aliphatic rings. The maximum atomic E-state index is 12.8. The van der Waals surface area contributed by atoms with Crippen LogP contribution in [0.3, 0.4) is 0 Å². The number of anilines is 3. The highest BCUT2D eigenvalue weighted by Gasteiger charge is 2.35. The Morgan fingerprint density at radius 1 is 1.21 bits per heavy atom. The molecule has 1 atom stereocenters. The molecule has 3 heterocycles. The van der Waals surface area contributed by atoms with E-state index in [1.54, 1.807) is 31.4 Å². The van der Waals surface area contributed by atoms with Crippen LogP contribution in [0.4, 0.5) is 17.5 Å². The molecule has 2 aliphatic heterocycles. The number of hydrogen-bond acceptors (Lipinski definition) is 6. The second kappa shape index (κ2) is 7.34. The van der Waals surface area contributed by atoms with Gasteiger partial charge in [0, 0.05) is 25.2 Å². The Kier molecular flexibility index (Phi) is 4.72. The van der Waals surface area contributed by atoms with Gasteiger partial charge in [0.25, 0.3) is 5.56 Å². The molecule has 4 rings (SSSR count). The van der Waals surface area contributed by atoms with Crippen molar-refractivity contribution in [3.05, 3.63) is 40.2 Å². The minimum Gasteiger partial charge on any atom is -0.497 e. The molecule has 1 aromatic carbocycles. The minimum atomic E-state index is -0.908. The Morgan fingerprint density at radius 3 is 2.61 bits per heavy atom. The summed E-state index contributed by atoms with van der Waals surface area (Å²) in [7, 11) is 1.56. The number of methoxy groups -OCH3 is 1. The van der Waals surface area contributed by atoms with Crippen LogP contribution < -0.4 is 25.8 Å². The standard InChI is InChI=1S/C19H21N5O4/c1-28-12-6-4-11(5-7-12)20-17(26)13-10-14(25)21-16-15(13)18(27)23-19(22-16)24-8-2-3-9-24/h4-7,13H,2-3,8-10H2,1H3,(H,20,26)(H2,21,22,23,25,27)/t13-/m1/s1. The van der Waals surface area contributed by atoms with Crippen molar-refractivity contribution in [3.8, 4) is 5.75 Å². The summed E-state index contributed by atoms with van der Waals surface area (Å²) in [4.78, 5) is 46.8. The Morgan fingerprint density at radius 2 is 1.93 bits per heavy atom. The lowest BCUT2D eigenvalue weighted by atomic mass is 9.92. The molecule has 1 saturated heterocycles. The van der Waals surface area contributed by atoms with Gasteiger partial charge < -0.3 is 20.3 Å². The number of H-pyrrole nitrogens is 1. The lowest BCUT2D eigenvalue weighted by molar-refractivity contribution is -0.123. The summed E-state index contributed by atoms with van der Waals surface area (Å²) in [6.07, 6.45) is 1.95. The van der Waals surface area contributed by atoms with Crippen LogP contribution in [0.25, 0.3) is 0 Å². The van der Waals surface area contributed by atoms with Gasteiger partial charge in [-0.2, -0.15) is 4.98 Å². The van der Waals surface area contributed by atoms with Gasteiger partial charge in [-0.3, -0.25) is 19.4 Å². The number of rotatable bonds is 4. The fourth-order valence-corrected chi connectivity index (χ4v) is 3.57. The average Bonchev–Trinajstić information content (AvgIpc) is 3.22. The van der Waals surface area contributed by atoms with E-state index in [9.17, 15) is 14.4 Å². The van der Waals surface area contributed by atoms with Crippen molar-refractivity contribution >= 4 is 29.3 Å². The van der Waals surface area contributed by atoms with Crippen LogP contribution in [0.1, 0.15) is 30.7 Å². The third-order valence-corrected chi connectivity index (χ3v) is 5.02. The molecular formula is C19H21N5O4. The van der Waals surface area contributed by atoms with Crippen molar-refractivity contribution in [2.75, 3.05) is 35.7 Å². The van der Waals surface area contributed by atoms with Gasteiger partial charge in [-0.25, -0.2) is 0 Å². The van der Waals surface area contributed by atoms with Crippen molar-refractivity contribution < 1.29 is 14.3 Å². The van der Waals surface area contributed by atoms with Gasteiger partial charge in [0.1, 0.15) is 11.6 Å². The molecule has 0 saturated carbocycles.